The van der Waals surface area contributed by atoms with Crippen molar-refractivity contribution < 1.29 is 18.3 Å². The van der Waals surface area contributed by atoms with E-state index in [-0.39, 0.29) is 5.82 Å². The van der Waals surface area contributed by atoms with Crippen molar-refractivity contribution in [2.45, 2.75) is 33.1 Å². The maximum absolute atomic E-state index is 13.1. The van der Waals surface area contributed by atoms with Crippen LogP contribution in [0.1, 0.15) is 35.7 Å². The standard InChI is InChI=1S/C28H28FNO3/c1-19(2)25-20(3)24-14-18-32-26(24)28(27(25)33-17-13-23-8-4-5-15-30-23)31-16-6-7-21-9-11-22(29)12-10-21/h4-5,8-12,14-15,18H,1,6-7,13,16-17H2,2-3H3. The first-order valence-electron chi connectivity index (χ1n) is 11.1. The van der Waals surface area contributed by atoms with Gasteiger partial charge >= 0.3 is 0 Å². The first-order chi connectivity index (χ1) is 16.0. The van der Waals surface area contributed by atoms with Crippen molar-refractivity contribution in [2.75, 3.05) is 13.2 Å². The Morgan fingerprint density at radius 2 is 1.79 bits per heavy atom. The van der Waals surface area contributed by atoms with Crippen LogP contribution < -0.4 is 9.47 Å². The number of ether oxygens (including phenoxy) is 2. The largest absolute Gasteiger partial charge is 0.488 e. The smallest absolute Gasteiger partial charge is 0.205 e. The molecule has 0 amide bonds. The molecule has 0 radical (unpaired) electrons. The maximum atomic E-state index is 13.1. The third kappa shape index (κ3) is 5.25. The van der Waals surface area contributed by atoms with Crippen LogP contribution in [0.4, 0.5) is 4.39 Å². The fraction of sp³-hybridized carbons (Fsp3) is 0.250. The van der Waals surface area contributed by atoms with Crippen LogP contribution in [0.2, 0.25) is 0 Å². The van der Waals surface area contributed by atoms with Crippen LogP contribution in [0.3, 0.4) is 0 Å². The third-order valence-electron chi connectivity index (χ3n) is 5.61. The highest BCUT2D eigenvalue weighted by molar-refractivity contribution is 5.95. The summed E-state index contributed by atoms with van der Waals surface area (Å²) in [4.78, 5) is 4.37. The lowest BCUT2D eigenvalue weighted by Crippen LogP contribution is -2.08. The third-order valence-corrected chi connectivity index (χ3v) is 5.61. The summed E-state index contributed by atoms with van der Waals surface area (Å²) in [7, 11) is 0. The molecule has 0 spiro atoms. The second-order valence-corrected chi connectivity index (χ2v) is 8.10. The molecule has 0 aliphatic rings. The SMILES string of the molecule is C=C(C)c1c(OCCc2ccccn2)c(OCCCc2ccc(F)cc2)c2occc2c1C. The second kappa shape index (κ2) is 10.3. The highest BCUT2D eigenvalue weighted by Gasteiger charge is 2.23. The van der Waals surface area contributed by atoms with E-state index in [0.717, 1.165) is 46.2 Å². The predicted octanol–water partition coefficient (Wildman–Crippen LogP) is 6.94. The Kier molecular flexibility index (Phi) is 7.08. The van der Waals surface area contributed by atoms with Gasteiger partial charge in [0.1, 0.15) is 5.82 Å². The van der Waals surface area contributed by atoms with Gasteiger partial charge in [-0.15, -0.1) is 0 Å². The van der Waals surface area contributed by atoms with Gasteiger partial charge in [0.15, 0.2) is 11.3 Å². The van der Waals surface area contributed by atoms with Gasteiger partial charge in [0.2, 0.25) is 5.75 Å². The van der Waals surface area contributed by atoms with Gasteiger partial charge in [0.25, 0.3) is 0 Å². The molecule has 2 aromatic heterocycles. The van der Waals surface area contributed by atoms with Gasteiger partial charge < -0.3 is 13.9 Å². The highest BCUT2D eigenvalue weighted by Crippen LogP contribution is 2.45. The number of halogens is 1. The molecule has 0 saturated carbocycles. The summed E-state index contributed by atoms with van der Waals surface area (Å²) in [6.07, 6.45) is 5.69. The quantitative estimate of drug-likeness (QED) is 0.248. The molecule has 0 aliphatic heterocycles. The molecule has 170 valence electrons. The number of pyridine rings is 1. The molecule has 33 heavy (non-hydrogen) atoms. The Balaban J connectivity index is 1.56. The minimum absolute atomic E-state index is 0.227. The lowest BCUT2D eigenvalue weighted by molar-refractivity contribution is 0.266. The van der Waals surface area contributed by atoms with Gasteiger partial charge in [-0.3, -0.25) is 4.98 Å². The van der Waals surface area contributed by atoms with Crippen molar-refractivity contribution in [1.82, 2.24) is 4.98 Å². The molecule has 2 aromatic carbocycles. The number of fused-ring (bicyclic) bond motifs is 1. The van der Waals surface area contributed by atoms with Crippen LogP contribution >= 0.6 is 0 Å². The monoisotopic (exact) mass is 445 g/mol. The molecule has 0 N–H and O–H groups in total. The fourth-order valence-electron chi connectivity index (χ4n) is 3.99. The first kappa shape index (κ1) is 22.6. The van der Waals surface area contributed by atoms with Crippen LogP contribution in [-0.2, 0) is 12.8 Å². The maximum Gasteiger partial charge on any atom is 0.205 e. The van der Waals surface area contributed by atoms with Gasteiger partial charge in [0.05, 0.1) is 19.5 Å². The fourth-order valence-corrected chi connectivity index (χ4v) is 3.99. The molecule has 0 unspecified atom stereocenters. The van der Waals surface area contributed by atoms with Crippen molar-refractivity contribution in [3.8, 4) is 11.5 Å². The van der Waals surface area contributed by atoms with Crippen molar-refractivity contribution in [1.29, 1.82) is 0 Å². The Labute approximate surface area is 193 Å². The van der Waals surface area contributed by atoms with Crippen LogP contribution in [0, 0.1) is 12.7 Å². The average molecular weight is 446 g/mol. The lowest BCUT2D eigenvalue weighted by Gasteiger charge is -2.19. The number of nitrogens with zero attached hydrogens (tertiary/aromatic N) is 1. The minimum Gasteiger partial charge on any atom is -0.488 e. The van der Waals surface area contributed by atoms with Gasteiger partial charge in [-0.05, 0) is 73.7 Å². The molecule has 4 rings (SSSR count). The van der Waals surface area contributed by atoms with E-state index in [4.69, 9.17) is 13.9 Å². The molecule has 5 heteroatoms. The van der Waals surface area contributed by atoms with Crippen molar-refractivity contribution >= 4 is 16.5 Å². The summed E-state index contributed by atoms with van der Waals surface area (Å²) in [6, 6.07) is 14.4. The molecule has 0 atom stereocenters. The number of hydrogen-bond acceptors (Lipinski definition) is 4. The summed E-state index contributed by atoms with van der Waals surface area (Å²) in [5, 5.41) is 0.985. The van der Waals surface area contributed by atoms with E-state index in [9.17, 15) is 4.39 Å². The van der Waals surface area contributed by atoms with Gasteiger partial charge in [-0.2, -0.15) is 0 Å². The molecule has 4 aromatic rings. The van der Waals surface area contributed by atoms with Crippen molar-refractivity contribution in [3.63, 3.8) is 0 Å². The summed E-state index contributed by atoms with van der Waals surface area (Å²) in [5.74, 6) is 1.02. The lowest BCUT2D eigenvalue weighted by atomic mass is 9.97. The zero-order valence-corrected chi connectivity index (χ0v) is 19.1. The summed E-state index contributed by atoms with van der Waals surface area (Å²) in [6.45, 7) is 9.13. The topological polar surface area (TPSA) is 44.5 Å². The number of benzene rings is 2. The van der Waals surface area contributed by atoms with Crippen LogP contribution in [0.15, 0.2) is 72.0 Å². The Morgan fingerprint density at radius 1 is 1.00 bits per heavy atom. The molecule has 0 aliphatic carbocycles. The van der Waals surface area contributed by atoms with Gasteiger partial charge in [-0.1, -0.05) is 24.8 Å². The zero-order chi connectivity index (χ0) is 23.2. The van der Waals surface area contributed by atoms with E-state index in [1.807, 2.05) is 38.1 Å². The zero-order valence-electron chi connectivity index (χ0n) is 19.1. The highest BCUT2D eigenvalue weighted by atomic mass is 19.1. The molecule has 0 saturated heterocycles. The first-order valence-corrected chi connectivity index (χ1v) is 11.1. The normalized spacial score (nSPS) is 11.0. The Morgan fingerprint density at radius 3 is 2.52 bits per heavy atom. The second-order valence-electron chi connectivity index (χ2n) is 8.10. The van der Waals surface area contributed by atoms with Gasteiger partial charge in [0, 0.05) is 29.3 Å². The van der Waals surface area contributed by atoms with Crippen LogP contribution in [0.25, 0.3) is 16.5 Å². The summed E-state index contributed by atoms with van der Waals surface area (Å²) in [5.41, 5.74) is 5.61. The number of rotatable bonds is 10. The Bertz CT molecular complexity index is 1230. The van der Waals surface area contributed by atoms with E-state index < -0.39 is 0 Å². The number of furan rings is 1. The van der Waals surface area contributed by atoms with E-state index in [1.165, 1.54) is 12.1 Å². The number of allylic oxidation sites excluding steroid dienone is 1. The summed E-state index contributed by atoms with van der Waals surface area (Å²) < 4.78 is 31.5. The van der Waals surface area contributed by atoms with E-state index in [1.54, 1.807) is 24.6 Å². The number of aromatic nitrogens is 1. The summed E-state index contributed by atoms with van der Waals surface area (Å²) >= 11 is 0. The molecular formula is C28H28FNO3. The van der Waals surface area contributed by atoms with E-state index in [2.05, 4.69) is 11.6 Å². The van der Waals surface area contributed by atoms with E-state index in [0.29, 0.717) is 36.7 Å². The minimum atomic E-state index is -0.227. The van der Waals surface area contributed by atoms with Gasteiger partial charge in [-0.25, -0.2) is 4.39 Å². The Hall–Kier alpha value is -3.60. The number of aryl methyl sites for hydroxylation is 2. The van der Waals surface area contributed by atoms with Crippen molar-refractivity contribution in [2.24, 2.45) is 0 Å². The molecule has 0 bridgehead atoms. The van der Waals surface area contributed by atoms with Crippen molar-refractivity contribution in [3.05, 3.63) is 95.8 Å². The van der Waals surface area contributed by atoms with Crippen LogP contribution in [0.5, 0.6) is 11.5 Å². The molecule has 0 fully saturated rings. The molecule has 2 heterocycles. The van der Waals surface area contributed by atoms with E-state index >= 15 is 0 Å². The van der Waals surface area contributed by atoms with Crippen LogP contribution in [-0.4, -0.2) is 18.2 Å². The molecular weight excluding hydrogens is 417 g/mol. The number of hydrogen-bond donors (Lipinski definition) is 0. The average Bonchev–Trinajstić information content (AvgIpc) is 3.30. The predicted molar refractivity (Wildman–Crippen MR) is 129 cm³/mol. The molecule has 4 nitrogen and oxygen atoms in total.